The van der Waals surface area contributed by atoms with E-state index in [9.17, 15) is 14.4 Å². The minimum atomic E-state index is -1.01. The van der Waals surface area contributed by atoms with E-state index in [0.29, 0.717) is 16.8 Å². The molecule has 2 amide bonds. The number of aromatic carboxylic acids is 1. The van der Waals surface area contributed by atoms with Gasteiger partial charge >= 0.3 is 5.97 Å². The highest BCUT2D eigenvalue weighted by molar-refractivity contribution is 8.00. The third-order valence-corrected chi connectivity index (χ3v) is 4.98. The van der Waals surface area contributed by atoms with Gasteiger partial charge in [-0.25, -0.2) is 4.79 Å². The van der Waals surface area contributed by atoms with Gasteiger partial charge in [0, 0.05) is 17.0 Å². The van der Waals surface area contributed by atoms with Crippen LogP contribution in [0.3, 0.4) is 0 Å². The standard InChI is InChI=1S/C18H16N2O4S/c1-10-16(21)20-14-8-12(5-6-15(14)25-10)17(22)19-9-11-3-2-4-13(7-11)18(23)24/h2-8,10H,9H2,1H3,(H,19,22)(H,20,21)(H,23,24)/t10-/m1/s1. The summed E-state index contributed by atoms with van der Waals surface area (Å²) in [5.74, 6) is -1.38. The highest BCUT2D eigenvalue weighted by Gasteiger charge is 2.23. The van der Waals surface area contributed by atoms with E-state index in [2.05, 4.69) is 10.6 Å². The van der Waals surface area contributed by atoms with Crippen molar-refractivity contribution in [2.45, 2.75) is 23.6 Å². The van der Waals surface area contributed by atoms with Crippen LogP contribution in [-0.4, -0.2) is 28.1 Å². The molecule has 3 rings (SSSR count). The third kappa shape index (κ3) is 3.83. The van der Waals surface area contributed by atoms with Crippen molar-refractivity contribution in [2.24, 2.45) is 0 Å². The molecule has 0 saturated carbocycles. The summed E-state index contributed by atoms with van der Waals surface area (Å²) in [5.41, 5.74) is 1.94. The molecule has 1 aliphatic rings. The van der Waals surface area contributed by atoms with Crippen LogP contribution in [0.5, 0.6) is 0 Å². The van der Waals surface area contributed by atoms with Crippen molar-refractivity contribution in [3.8, 4) is 0 Å². The van der Waals surface area contributed by atoms with Crippen LogP contribution in [0.25, 0.3) is 0 Å². The Morgan fingerprint density at radius 2 is 2.00 bits per heavy atom. The summed E-state index contributed by atoms with van der Waals surface area (Å²) < 4.78 is 0. The molecule has 1 heterocycles. The number of amides is 2. The molecule has 0 aliphatic carbocycles. The van der Waals surface area contributed by atoms with Crippen LogP contribution in [0.4, 0.5) is 5.69 Å². The Morgan fingerprint density at radius 1 is 1.20 bits per heavy atom. The van der Waals surface area contributed by atoms with Gasteiger partial charge in [0.1, 0.15) is 0 Å². The van der Waals surface area contributed by atoms with E-state index < -0.39 is 5.97 Å². The van der Waals surface area contributed by atoms with Crippen LogP contribution in [0, 0.1) is 0 Å². The molecule has 1 atom stereocenters. The molecule has 128 valence electrons. The molecule has 6 nitrogen and oxygen atoms in total. The van der Waals surface area contributed by atoms with Crippen molar-refractivity contribution >= 4 is 35.2 Å². The summed E-state index contributed by atoms with van der Waals surface area (Å²) in [7, 11) is 0. The van der Waals surface area contributed by atoms with Gasteiger partial charge in [-0.05, 0) is 42.8 Å². The van der Waals surface area contributed by atoms with Crippen molar-refractivity contribution in [1.29, 1.82) is 0 Å². The highest BCUT2D eigenvalue weighted by atomic mass is 32.2. The molecular formula is C18H16N2O4S. The number of carbonyl (C=O) groups is 3. The van der Waals surface area contributed by atoms with Gasteiger partial charge in [0.2, 0.25) is 5.91 Å². The van der Waals surface area contributed by atoms with Crippen LogP contribution in [0.2, 0.25) is 0 Å². The number of hydrogen-bond acceptors (Lipinski definition) is 4. The lowest BCUT2D eigenvalue weighted by molar-refractivity contribution is -0.115. The molecule has 3 N–H and O–H groups in total. The Balaban J connectivity index is 1.70. The molecule has 0 saturated heterocycles. The van der Waals surface area contributed by atoms with Crippen molar-refractivity contribution in [3.05, 3.63) is 59.2 Å². The minimum Gasteiger partial charge on any atom is -0.478 e. The van der Waals surface area contributed by atoms with E-state index in [1.807, 2.05) is 13.0 Å². The number of nitrogens with one attached hydrogen (secondary N) is 2. The molecular weight excluding hydrogens is 340 g/mol. The maximum atomic E-state index is 12.3. The first-order valence-electron chi connectivity index (χ1n) is 7.66. The van der Waals surface area contributed by atoms with Gasteiger partial charge in [-0.1, -0.05) is 12.1 Å². The van der Waals surface area contributed by atoms with Crippen LogP contribution in [-0.2, 0) is 11.3 Å². The summed E-state index contributed by atoms with van der Waals surface area (Å²) in [6, 6.07) is 11.6. The maximum Gasteiger partial charge on any atom is 0.335 e. The second kappa shape index (κ2) is 6.98. The van der Waals surface area contributed by atoms with Gasteiger partial charge in [0.05, 0.1) is 16.5 Å². The lowest BCUT2D eigenvalue weighted by Gasteiger charge is -2.21. The largest absolute Gasteiger partial charge is 0.478 e. The molecule has 25 heavy (non-hydrogen) atoms. The molecule has 0 bridgehead atoms. The number of carboxylic acids is 1. The number of anilines is 1. The molecule has 0 unspecified atom stereocenters. The number of thioether (sulfide) groups is 1. The zero-order chi connectivity index (χ0) is 18.0. The van der Waals surface area contributed by atoms with Gasteiger partial charge in [-0.3, -0.25) is 9.59 Å². The molecule has 2 aromatic carbocycles. The second-order valence-corrected chi connectivity index (χ2v) is 7.03. The molecule has 7 heteroatoms. The SMILES string of the molecule is C[C@H]1Sc2ccc(C(=O)NCc3cccc(C(=O)O)c3)cc2NC1=O. The van der Waals surface area contributed by atoms with Crippen molar-refractivity contribution in [1.82, 2.24) is 5.32 Å². The number of benzene rings is 2. The van der Waals surface area contributed by atoms with Crippen LogP contribution in [0.1, 0.15) is 33.2 Å². The van der Waals surface area contributed by atoms with E-state index in [1.165, 1.54) is 23.9 Å². The fraction of sp³-hybridized carbons (Fsp3) is 0.167. The Morgan fingerprint density at radius 3 is 2.76 bits per heavy atom. The molecule has 0 fully saturated rings. The Labute approximate surface area is 148 Å². The van der Waals surface area contributed by atoms with Gasteiger partial charge < -0.3 is 15.7 Å². The first-order valence-corrected chi connectivity index (χ1v) is 8.54. The number of carbonyl (C=O) groups excluding carboxylic acids is 2. The minimum absolute atomic E-state index is 0.0828. The number of hydrogen-bond donors (Lipinski definition) is 3. The smallest absolute Gasteiger partial charge is 0.335 e. The monoisotopic (exact) mass is 356 g/mol. The average molecular weight is 356 g/mol. The van der Waals surface area contributed by atoms with Crippen molar-refractivity contribution < 1.29 is 19.5 Å². The Hall–Kier alpha value is -2.80. The quantitative estimate of drug-likeness (QED) is 0.783. The lowest BCUT2D eigenvalue weighted by atomic mass is 10.1. The maximum absolute atomic E-state index is 12.3. The first kappa shape index (κ1) is 17.0. The Bertz CT molecular complexity index is 866. The molecule has 0 aromatic heterocycles. The second-order valence-electron chi connectivity index (χ2n) is 5.65. The topological polar surface area (TPSA) is 95.5 Å². The van der Waals surface area contributed by atoms with Crippen LogP contribution < -0.4 is 10.6 Å². The van der Waals surface area contributed by atoms with E-state index in [0.717, 1.165) is 4.90 Å². The average Bonchev–Trinajstić information content (AvgIpc) is 2.60. The summed E-state index contributed by atoms with van der Waals surface area (Å²) in [4.78, 5) is 36.0. The number of carboxylic acid groups (broad SMARTS) is 1. The Kier molecular flexibility index (Phi) is 4.76. The number of fused-ring (bicyclic) bond motifs is 1. The van der Waals surface area contributed by atoms with Gasteiger partial charge in [-0.15, -0.1) is 11.8 Å². The first-order chi connectivity index (χ1) is 11.9. The summed E-state index contributed by atoms with van der Waals surface area (Å²) in [6.07, 6.45) is 0. The van der Waals surface area contributed by atoms with E-state index in [-0.39, 0.29) is 29.2 Å². The number of rotatable bonds is 4. The van der Waals surface area contributed by atoms with Gasteiger partial charge in [-0.2, -0.15) is 0 Å². The normalized spacial score (nSPS) is 15.9. The molecule has 1 aliphatic heterocycles. The predicted molar refractivity (Wildman–Crippen MR) is 95.0 cm³/mol. The molecule has 2 aromatic rings. The fourth-order valence-electron chi connectivity index (χ4n) is 2.45. The molecule has 0 spiro atoms. The highest BCUT2D eigenvalue weighted by Crippen LogP contribution is 2.35. The summed E-state index contributed by atoms with van der Waals surface area (Å²) in [5, 5.41) is 14.4. The zero-order valence-corrected chi connectivity index (χ0v) is 14.2. The van der Waals surface area contributed by atoms with Gasteiger partial charge in [0.25, 0.3) is 5.91 Å². The predicted octanol–water partition coefficient (Wildman–Crippen LogP) is 2.75. The van der Waals surface area contributed by atoms with Gasteiger partial charge in [0.15, 0.2) is 0 Å². The van der Waals surface area contributed by atoms with Crippen molar-refractivity contribution in [2.75, 3.05) is 5.32 Å². The van der Waals surface area contributed by atoms with E-state index in [1.54, 1.807) is 24.3 Å². The van der Waals surface area contributed by atoms with E-state index >= 15 is 0 Å². The fourth-order valence-corrected chi connectivity index (χ4v) is 3.38. The van der Waals surface area contributed by atoms with E-state index in [4.69, 9.17) is 5.11 Å². The van der Waals surface area contributed by atoms with Crippen LogP contribution in [0.15, 0.2) is 47.4 Å². The zero-order valence-electron chi connectivity index (χ0n) is 13.4. The third-order valence-electron chi connectivity index (χ3n) is 3.80. The summed E-state index contributed by atoms with van der Waals surface area (Å²) in [6.45, 7) is 2.05. The molecule has 0 radical (unpaired) electrons. The van der Waals surface area contributed by atoms with Crippen LogP contribution >= 0.6 is 11.8 Å². The lowest BCUT2D eigenvalue weighted by Crippen LogP contribution is -2.27. The van der Waals surface area contributed by atoms with Crippen molar-refractivity contribution in [3.63, 3.8) is 0 Å². The summed E-state index contributed by atoms with van der Waals surface area (Å²) >= 11 is 1.46.